The molecule has 1 aromatic rings. The maximum absolute atomic E-state index is 4.21. The zero-order chi connectivity index (χ0) is 13.0. The molecule has 1 fully saturated rings. The van der Waals surface area contributed by atoms with Crippen molar-refractivity contribution in [1.82, 2.24) is 14.8 Å². The molecule has 1 aliphatic rings. The maximum Gasteiger partial charge on any atom is 0.0410 e. The Hall–Kier alpha value is -0.450. The maximum atomic E-state index is 4.21. The summed E-state index contributed by atoms with van der Waals surface area (Å²) in [5.74, 6) is 0.853. The first-order valence-corrected chi connectivity index (χ1v) is 7.39. The first-order valence-electron chi connectivity index (χ1n) is 6.60. The highest BCUT2D eigenvalue weighted by atomic mass is 79.9. The van der Waals surface area contributed by atoms with Gasteiger partial charge in [0.05, 0.1) is 0 Å². The average Bonchev–Trinajstić information content (AvgIpc) is 2.32. The monoisotopic (exact) mass is 311 g/mol. The lowest BCUT2D eigenvalue weighted by Crippen LogP contribution is -2.35. The molecule has 1 aromatic heterocycles. The summed E-state index contributed by atoms with van der Waals surface area (Å²) in [5.41, 5.74) is 1.28. The average molecular weight is 312 g/mol. The molecule has 0 saturated carbocycles. The van der Waals surface area contributed by atoms with Gasteiger partial charge in [0, 0.05) is 30.0 Å². The van der Waals surface area contributed by atoms with E-state index in [9.17, 15) is 0 Å². The van der Waals surface area contributed by atoms with Crippen LogP contribution >= 0.6 is 15.9 Å². The molecule has 0 N–H and O–H groups in total. The number of hydrogen-bond donors (Lipinski definition) is 0. The lowest BCUT2D eigenvalue weighted by Gasteiger charge is -2.31. The summed E-state index contributed by atoms with van der Waals surface area (Å²) in [6.07, 6.45) is 6.45. The molecule has 0 aliphatic carbocycles. The highest BCUT2D eigenvalue weighted by molar-refractivity contribution is 9.10. The number of piperidine rings is 1. The molecule has 100 valence electrons. The second-order valence-electron chi connectivity index (χ2n) is 5.45. The van der Waals surface area contributed by atoms with E-state index in [4.69, 9.17) is 0 Å². The lowest BCUT2D eigenvalue weighted by atomic mass is 9.96. The number of rotatable bonds is 4. The van der Waals surface area contributed by atoms with Crippen LogP contribution < -0.4 is 0 Å². The van der Waals surface area contributed by atoms with E-state index in [0.29, 0.717) is 0 Å². The predicted molar refractivity (Wildman–Crippen MR) is 78.5 cm³/mol. The Labute approximate surface area is 118 Å². The Kier molecular flexibility index (Phi) is 5.15. The van der Waals surface area contributed by atoms with Crippen LogP contribution in [0, 0.1) is 5.92 Å². The van der Waals surface area contributed by atoms with Crippen molar-refractivity contribution in [3.05, 3.63) is 28.5 Å². The molecule has 0 spiro atoms. The van der Waals surface area contributed by atoms with Crippen molar-refractivity contribution in [3.63, 3.8) is 0 Å². The molecule has 2 rings (SSSR count). The number of nitrogens with zero attached hydrogens (tertiary/aromatic N) is 3. The van der Waals surface area contributed by atoms with Crippen molar-refractivity contribution in [2.24, 2.45) is 5.92 Å². The molecule has 1 aliphatic heterocycles. The van der Waals surface area contributed by atoms with Crippen molar-refractivity contribution in [1.29, 1.82) is 0 Å². The Bertz CT molecular complexity index is 375. The molecule has 18 heavy (non-hydrogen) atoms. The second-order valence-corrected chi connectivity index (χ2v) is 6.37. The van der Waals surface area contributed by atoms with Crippen LogP contribution in [0.15, 0.2) is 22.9 Å². The van der Waals surface area contributed by atoms with Crippen LogP contribution in [0.4, 0.5) is 0 Å². The van der Waals surface area contributed by atoms with Crippen LogP contribution in [-0.2, 0) is 6.54 Å². The van der Waals surface area contributed by atoms with Gasteiger partial charge in [-0.15, -0.1) is 0 Å². The lowest BCUT2D eigenvalue weighted by molar-refractivity contribution is 0.173. The standard InChI is InChI=1S/C14H22BrN3/c1-17-5-3-12(4-6-17)10-18(2)11-13-7-14(15)9-16-8-13/h7-9,12H,3-6,10-11H2,1-2H3. The third kappa shape index (κ3) is 4.34. The molecular weight excluding hydrogens is 290 g/mol. The van der Waals surface area contributed by atoms with Crippen LogP contribution in [0.3, 0.4) is 0 Å². The van der Waals surface area contributed by atoms with E-state index in [2.05, 4.69) is 50.9 Å². The number of aromatic nitrogens is 1. The molecule has 3 nitrogen and oxygen atoms in total. The summed E-state index contributed by atoms with van der Waals surface area (Å²) in [5, 5.41) is 0. The third-order valence-electron chi connectivity index (χ3n) is 3.62. The topological polar surface area (TPSA) is 19.4 Å². The Morgan fingerprint density at radius 2 is 2.11 bits per heavy atom. The number of pyridine rings is 1. The van der Waals surface area contributed by atoms with Crippen LogP contribution in [0.5, 0.6) is 0 Å². The fourth-order valence-electron chi connectivity index (χ4n) is 2.60. The van der Waals surface area contributed by atoms with E-state index in [1.54, 1.807) is 0 Å². The summed E-state index contributed by atoms with van der Waals surface area (Å²) in [6.45, 7) is 4.67. The molecule has 0 bridgehead atoms. The largest absolute Gasteiger partial charge is 0.306 e. The highest BCUT2D eigenvalue weighted by Crippen LogP contribution is 2.18. The molecule has 1 saturated heterocycles. The first-order chi connectivity index (χ1) is 8.63. The molecule has 2 heterocycles. The van der Waals surface area contributed by atoms with Gasteiger partial charge < -0.3 is 9.80 Å². The summed E-state index contributed by atoms with van der Waals surface area (Å²) < 4.78 is 1.06. The van der Waals surface area contributed by atoms with Gasteiger partial charge in [0.2, 0.25) is 0 Å². The van der Waals surface area contributed by atoms with Gasteiger partial charge in [0.1, 0.15) is 0 Å². The zero-order valence-corrected chi connectivity index (χ0v) is 12.9. The SMILES string of the molecule is CN1CCC(CN(C)Cc2cncc(Br)c2)CC1. The van der Waals surface area contributed by atoms with E-state index in [0.717, 1.165) is 16.9 Å². The van der Waals surface area contributed by atoms with Crippen molar-refractivity contribution in [2.75, 3.05) is 33.7 Å². The van der Waals surface area contributed by atoms with Gasteiger partial charge in [-0.2, -0.15) is 0 Å². The van der Waals surface area contributed by atoms with Gasteiger partial charge in [-0.05, 0) is 73.5 Å². The first kappa shape index (κ1) is 14.0. The minimum atomic E-state index is 0.853. The summed E-state index contributed by atoms with van der Waals surface area (Å²) in [7, 11) is 4.42. The second kappa shape index (κ2) is 6.64. The Morgan fingerprint density at radius 3 is 2.78 bits per heavy atom. The molecule has 0 atom stereocenters. The smallest absolute Gasteiger partial charge is 0.0410 e. The fraction of sp³-hybridized carbons (Fsp3) is 0.643. The fourth-order valence-corrected chi connectivity index (χ4v) is 3.02. The summed E-state index contributed by atoms with van der Waals surface area (Å²) in [4.78, 5) is 9.06. The van der Waals surface area contributed by atoms with Crippen molar-refractivity contribution < 1.29 is 0 Å². The van der Waals surface area contributed by atoms with Crippen LogP contribution in [0.1, 0.15) is 18.4 Å². The minimum Gasteiger partial charge on any atom is -0.306 e. The molecule has 0 unspecified atom stereocenters. The normalized spacial score (nSPS) is 18.4. The highest BCUT2D eigenvalue weighted by Gasteiger charge is 2.18. The summed E-state index contributed by atoms with van der Waals surface area (Å²) >= 11 is 3.47. The van der Waals surface area contributed by atoms with Crippen molar-refractivity contribution >= 4 is 15.9 Å². The quantitative estimate of drug-likeness (QED) is 0.852. The number of likely N-dealkylation sites (tertiary alicyclic amines) is 1. The van der Waals surface area contributed by atoms with E-state index in [1.807, 2.05) is 12.4 Å². The van der Waals surface area contributed by atoms with Crippen LogP contribution in [0.25, 0.3) is 0 Å². The van der Waals surface area contributed by atoms with Crippen LogP contribution in [-0.4, -0.2) is 48.5 Å². The molecule has 4 heteroatoms. The molecule has 0 radical (unpaired) electrons. The molecule has 0 aromatic carbocycles. The van der Waals surface area contributed by atoms with Gasteiger partial charge in [-0.25, -0.2) is 0 Å². The Balaban J connectivity index is 1.80. The van der Waals surface area contributed by atoms with Gasteiger partial charge in [-0.1, -0.05) is 0 Å². The van der Waals surface area contributed by atoms with Gasteiger partial charge in [0.15, 0.2) is 0 Å². The number of halogens is 1. The van der Waals surface area contributed by atoms with Gasteiger partial charge >= 0.3 is 0 Å². The van der Waals surface area contributed by atoms with Gasteiger partial charge in [0.25, 0.3) is 0 Å². The van der Waals surface area contributed by atoms with Crippen LogP contribution in [0.2, 0.25) is 0 Å². The summed E-state index contributed by atoms with van der Waals surface area (Å²) in [6, 6.07) is 2.15. The zero-order valence-electron chi connectivity index (χ0n) is 11.3. The molecule has 0 amide bonds. The predicted octanol–water partition coefficient (Wildman–Crippen LogP) is 2.62. The van der Waals surface area contributed by atoms with E-state index in [1.165, 1.54) is 38.0 Å². The van der Waals surface area contributed by atoms with Gasteiger partial charge in [-0.3, -0.25) is 4.98 Å². The van der Waals surface area contributed by atoms with E-state index >= 15 is 0 Å². The minimum absolute atomic E-state index is 0.853. The van der Waals surface area contributed by atoms with E-state index in [-0.39, 0.29) is 0 Å². The van der Waals surface area contributed by atoms with Crippen molar-refractivity contribution in [2.45, 2.75) is 19.4 Å². The number of hydrogen-bond acceptors (Lipinski definition) is 3. The Morgan fingerprint density at radius 1 is 1.39 bits per heavy atom. The molecular formula is C14H22BrN3. The third-order valence-corrected chi connectivity index (χ3v) is 4.06. The van der Waals surface area contributed by atoms with E-state index < -0.39 is 0 Å². The van der Waals surface area contributed by atoms with Crippen molar-refractivity contribution in [3.8, 4) is 0 Å².